The highest BCUT2D eigenvalue weighted by atomic mass is 19.4. The van der Waals surface area contributed by atoms with E-state index in [2.05, 4.69) is 10.6 Å². The lowest BCUT2D eigenvalue weighted by Gasteiger charge is -2.25. The van der Waals surface area contributed by atoms with Gasteiger partial charge in [0.2, 0.25) is 18.4 Å². The fourth-order valence-electron chi connectivity index (χ4n) is 4.61. The van der Waals surface area contributed by atoms with Crippen molar-refractivity contribution in [3.8, 4) is 23.0 Å². The first-order chi connectivity index (χ1) is 19.5. The van der Waals surface area contributed by atoms with Crippen LogP contribution in [0.3, 0.4) is 0 Å². The number of benzene rings is 2. The number of hydrogen-bond acceptors (Lipinski definition) is 8. The van der Waals surface area contributed by atoms with Crippen LogP contribution in [0.1, 0.15) is 30.9 Å². The Kier molecular flexibility index (Phi) is 10.8. The van der Waals surface area contributed by atoms with E-state index in [4.69, 9.17) is 33.6 Å². The number of nitrogens with two attached hydrogens (primary N) is 1. The number of anilines is 1. The summed E-state index contributed by atoms with van der Waals surface area (Å²) in [5, 5.41) is 14.1. The van der Waals surface area contributed by atoms with Crippen LogP contribution in [-0.2, 0) is 14.3 Å². The lowest BCUT2D eigenvalue weighted by atomic mass is 9.95. The molecule has 3 atom stereocenters. The quantitative estimate of drug-likeness (QED) is 0.431. The summed E-state index contributed by atoms with van der Waals surface area (Å²) in [5.74, 6) is -0.896. The average molecular weight is 583 g/mol. The number of ether oxygens (including phenoxy) is 5. The normalized spacial score (nSPS) is 17.4. The van der Waals surface area contributed by atoms with Crippen molar-refractivity contribution in [2.75, 3.05) is 40.0 Å². The zero-order valence-corrected chi connectivity index (χ0v) is 23.1. The number of alkyl halides is 3. The van der Waals surface area contributed by atoms with Crippen LogP contribution in [0.2, 0.25) is 0 Å². The van der Waals surface area contributed by atoms with Crippen molar-refractivity contribution < 1.29 is 56.9 Å². The number of fused-ring (bicyclic) bond motifs is 1. The van der Waals surface area contributed by atoms with Crippen LogP contribution < -0.4 is 34.7 Å². The molecule has 0 aromatic heterocycles. The number of hydrogen-bond donors (Lipinski definition) is 2. The first-order valence-electron chi connectivity index (χ1n) is 12.8. The number of quaternary nitrogens is 1. The maximum absolute atomic E-state index is 13.1. The number of carbonyl (C=O) groups excluding carboxylic acids is 2. The molecule has 1 saturated heterocycles. The van der Waals surface area contributed by atoms with E-state index in [9.17, 15) is 18.0 Å². The van der Waals surface area contributed by atoms with E-state index in [1.807, 2.05) is 49.4 Å². The fraction of sp³-hybridized carbons (Fsp3) is 0.429. The number of carbonyl (C=O) groups is 2. The minimum absolute atomic E-state index is 0.0907. The predicted octanol–water partition coefficient (Wildman–Crippen LogP) is 2.22. The summed E-state index contributed by atoms with van der Waals surface area (Å²) in [6, 6.07) is 9.78. The van der Waals surface area contributed by atoms with Crippen molar-refractivity contribution in [2.45, 2.75) is 38.1 Å². The third-order valence-corrected chi connectivity index (χ3v) is 6.67. The van der Waals surface area contributed by atoms with Crippen molar-refractivity contribution in [3.63, 3.8) is 0 Å². The maximum atomic E-state index is 13.1. The Labute approximate surface area is 235 Å². The Morgan fingerprint density at radius 2 is 1.76 bits per heavy atom. The standard InChI is InChI=1S/C26H32N2O6.C2HF3O2/c1-16(24(32-4)19-6-5-11-27-19)26(29)28-20-12-17(9-10-21(20)30-2)7-8-18-13-22(31-3)25-23(14-18)33-15-34-25;3-2(4,5)1(6)7/h7-10,12-14,16,19,24,27H,5-6,11,15H2,1-4H3,(H,28,29);(H,6,7)/b8-7-;. The van der Waals surface area contributed by atoms with Gasteiger partial charge in [0.25, 0.3) is 0 Å². The summed E-state index contributed by atoms with van der Waals surface area (Å²) in [4.78, 5) is 21.9. The molecule has 3 N–H and O–H groups in total. The maximum Gasteiger partial charge on any atom is 0.430 e. The number of amides is 1. The number of carboxylic acid groups (broad SMARTS) is 1. The lowest BCUT2D eigenvalue weighted by molar-refractivity contribution is -0.678. The zero-order valence-electron chi connectivity index (χ0n) is 23.1. The number of rotatable bonds is 9. The molecular weight excluding hydrogens is 549 g/mol. The molecule has 2 aromatic carbocycles. The highest BCUT2D eigenvalue weighted by molar-refractivity contribution is 5.94. The molecule has 41 heavy (non-hydrogen) atoms. The molecule has 3 unspecified atom stereocenters. The molecule has 2 heterocycles. The SMILES string of the molecule is COc1ccc(/C=C\c2cc(OC)c3c(c2)OCO3)cc1NC(=O)C(C)C(OC)C1CCC[NH2+]1.O=C([O-])C(F)(F)F. The number of nitrogens with one attached hydrogen (secondary N) is 1. The topological polar surface area (TPSA) is 132 Å². The number of carboxylic acids is 1. The van der Waals surface area contributed by atoms with Gasteiger partial charge >= 0.3 is 6.18 Å². The van der Waals surface area contributed by atoms with Gasteiger partial charge in [-0.15, -0.1) is 0 Å². The Hall–Kier alpha value is -3.97. The van der Waals surface area contributed by atoms with E-state index in [0.29, 0.717) is 34.7 Å². The van der Waals surface area contributed by atoms with Crippen molar-refractivity contribution in [1.82, 2.24) is 0 Å². The average Bonchev–Trinajstić information content (AvgIpc) is 3.64. The van der Waals surface area contributed by atoms with Gasteiger partial charge in [-0.05, 0) is 35.4 Å². The van der Waals surface area contributed by atoms with E-state index in [0.717, 1.165) is 30.5 Å². The molecule has 1 fully saturated rings. The second-order valence-electron chi connectivity index (χ2n) is 9.34. The van der Waals surface area contributed by atoms with Crippen molar-refractivity contribution in [3.05, 3.63) is 41.5 Å². The highest BCUT2D eigenvalue weighted by Gasteiger charge is 2.36. The first-order valence-corrected chi connectivity index (χ1v) is 12.8. The minimum Gasteiger partial charge on any atom is -0.542 e. The molecule has 2 aliphatic heterocycles. The highest BCUT2D eigenvalue weighted by Crippen LogP contribution is 2.42. The van der Waals surface area contributed by atoms with Crippen LogP contribution in [0.4, 0.5) is 18.9 Å². The molecule has 0 spiro atoms. The van der Waals surface area contributed by atoms with Crippen molar-refractivity contribution in [1.29, 1.82) is 0 Å². The van der Waals surface area contributed by atoms with Crippen molar-refractivity contribution in [2.24, 2.45) is 5.92 Å². The number of methoxy groups -OCH3 is 3. The van der Waals surface area contributed by atoms with Crippen LogP contribution in [-0.4, -0.2) is 64.9 Å². The molecule has 13 heteroatoms. The molecule has 2 aliphatic rings. The van der Waals surface area contributed by atoms with Gasteiger partial charge in [-0.1, -0.05) is 25.1 Å². The zero-order chi connectivity index (χ0) is 30.2. The third kappa shape index (κ3) is 8.27. The summed E-state index contributed by atoms with van der Waals surface area (Å²) in [6.45, 7) is 3.18. The van der Waals surface area contributed by atoms with Crippen LogP contribution in [0.5, 0.6) is 23.0 Å². The molecule has 1 amide bonds. The minimum atomic E-state index is -5.19. The van der Waals surface area contributed by atoms with E-state index >= 15 is 0 Å². The van der Waals surface area contributed by atoms with Gasteiger partial charge in [0.1, 0.15) is 23.9 Å². The summed E-state index contributed by atoms with van der Waals surface area (Å²) in [5.41, 5.74) is 2.44. The number of halogens is 3. The number of aliphatic carboxylic acids is 1. The summed E-state index contributed by atoms with van der Waals surface area (Å²) < 4.78 is 59.1. The van der Waals surface area contributed by atoms with Gasteiger partial charge in [0.05, 0.1) is 32.4 Å². The third-order valence-electron chi connectivity index (χ3n) is 6.67. The largest absolute Gasteiger partial charge is 0.542 e. The van der Waals surface area contributed by atoms with Crippen molar-refractivity contribution >= 4 is 29.7 Å². The monoisotopic (exact) mass is 582 g/mol. The molecule has 10 nitrogen and oxygen atoms in total. The summed E-state index contributed by atoms with van der Waals surface area (Å²) >= 11 is 0. The van der Waals surface area contributed by atoms with Gasteiger partial charge < -0.3 is 44.2 Å². The molecule has 0 saturated carbocycles. The smallest absolute Gasteiger partial charge is 0.430 e. The predicted molar refractivity (Wildman–Crippen MR) is 141 cm³/mol. The van der Waals surface area contributed by atoms with Gasteiger partial charge in [-0.3, -0.25) is 4.79 Å². The first kappa shape index (κ1) is 31.6. The Balaban J connectivity index is 0.000000587. The van der Waals surface area contributed by atoms with Crippen LogP contribution in [0.15, 0.2) is 30.3 Å². The molecular formula is C28H33F3N2O8. The van der Waals surface area contributed by atoms with Crippen LogP contribution in [0, 0.1) is 5.92 Å². The fourth-order valence-corrected chi connectivity index (χ4v) is 4.61. The van der Waals surface area contributed by atoms with Crippen LogP contribution in [0.25, 0.3) is 12.2 Å². The summed E-state index contributed by atoms with van der Waals surface area (Å²) in [6.07, 6.45) is 0.788. The molecule has 0 aliphatic carbocycles. The molecule has 2 aromatic rings. The second-order valence-corrected chi connectivity index (χ2v) is 9.34. The van der Waals surface area contributed by atoms with Gasteiger partial charge in [0.15, 0.2) is 11.5 Å². The van der Waals surface area contributed by atoms with E-state index in [1.54, 1.807) is 21.3 Å². The van der Waals surface area contributed by atoms with Gasteiger partial charge in [-0.25, -0.2) is 0 Å². The van der Waals surface area contributed by atoms with E-state index in [1.165, 1.54) is 0 Å². The van der Waals surface area contributed by atoms with Crippen LogP contribution >= 0.6 is 0 Å². The lowest BCUT2D eigenvalue weighted by Crippen LogP contribution is -2.89. The Bertz CT molecular complexity index is 1250. The molecule has 4 rings (SSSR count). The van der Waals surface area contributed by atoms with Gasteiger partial charge in [0, 0.05) is 20.0 Å². The van der Waals surface area contributed by atoms with E-state index in [-0.39, 0.29) is 24.7 Å². The summed E-state index contributed by atoms with van der Waals surface area (Å²) in [7, 11) is 4.87. The second kappa shape index (κ2) is 14.1. The van der Waals surface area contributed by atoms with Gasteiger partial charge in [-0.2, -0.15) is 13.2 Å². The Morgan fingerprint density at radius 3 is 2.34 bits per heavy atom. The Morgan fingerprint density at radius 1 is 1.07 bits per heavy atom. The molecule has 0 bridgehead atoms. The molecule has 0 radical (unpaired) electrons. The van der Waals surface area contributed by atoms with E-state index < -0.39 is 12.1 Å². The molecule has 224 valence electrons.